The summed E-state index contributed by atoms with van der Waals surface area (Å²) in [6, 6.07) is 16.8. The second kappa shape index (κ2) is 8.77. The first-order chi connectivity index (χ1) is 13.0. The van der Waals surface area contributed by atoms with E-state index in [0.29, 0.717) is 16.6 Å². The summed E-state index contributed by atoms with van der Waals surface area (Å²) in [5.41, 5.74) is 7.53. The van der Waals surface area contributed by atoms with Crippen LogP contribution >= 0.6 is 35.7 Å². The predicted molar refractivity (Wildman–Crippen MR) is 113 cm³/mol. The molecule has 8 heteroatoms. The number of para-hydroxylation sites is 1. The van der Waals surface area contributed by atoms with Gasteiger partial charge in [0, 0.05) is 10.6 Å². The molecule has 0 radical (unpaired) electrons. The van der Waals surface area contributed by atoms with E-state index in [1.54, 1.807) is 11.0 Å². The lowest BCUT2D eigenvalue weighted by atomic mass is 10.2. The van der Waals surface area contributed by atoms with E-state index >= 15 is 0 Å². The Balaban J connectivity index is 1.82. The Kier molecular flexibility index (Phi) is 6.41. The summed E-state index contributed by atoms with van der Waals surface area (Å²) >= 11 is 7.86. The van der Waals surface area contributed by atoms with Crippen molar-refractivity contribution in [1.82, 2.24) is 4.90 Å². The van der Waals surface area contributed by atoms with Gasteiger partial charge in [0.1, 0.15) is 14.8 Å². The number of thiocarbonyl (C=S) groups is 1. The van der Waals surface area contributed by atoms with Gasteiger partial charge in [0.2, 0.25) is 5.91 Å². The molecule has 2 N–H and O–H groups in total. The van der Waals surface area contributed by atoms with Crippen LogP contribution in [0.2, 0.25) is 0 Å². The Morgan fingerprint density at radius 3 is 2.59 bits per heavy atom. The molecule has 3 rings (SSSR count). The zero-order chi connectivity index (χ0) is 19.4. The molecule has 5 nitrogen and oxygen atoms in total. The monoisotopic (exact) mass is 418 g/mol. The smallest absolute Gasteiger partial charge is 0.320 e. The topological polar surface area (TPSA) is 72.6 Å². The van der Waals surface area contributed by atoms with E-state index in [9.17, 15) is 9.59 Å². The summed E-state index contributed by atoms with van der Waals surface area (Å²) in [6.45, 7) is 0.383. The van der Waals surface area contributed by atoms with Crippen LogP contribution < -0.4 is 5.73 Å². The van der Waals surface area contributed by atoms with Crippen molar-refractivity contribution in [1.29, 1.82) is 0 Å². The van der Waals surface area contributed by atoms with E-state index < -0.39 is 16.5 Å². The number of carbonyl (C=O) groups is 2. The van der Waals surface area contributed by atoms with Crippen molar-refractivity contribution in [3.8, 4) is 0 Å². The van der Waals surface area contributed by atoms with Crippen LogP contribution in [0.5, 0.6) is 0 Å². The Morgan fingerprint density at radius 2 is 1.93 bits per heavy atom. The summed E-state index contributed by atoms with van der Waals surface area (Å²) in [5, 5.41) is -1.39. The fourth-order valence-electron chi connectivity index (χ4n) is 2.64. The third-order valence-corrected chi connectivity index (χ3v) is 7.20. The number of hydrogen-bond donors (Lipinski definition) is 1. The van der Waals surface area contributed by atoms with Crippen LogP contribution in [0.15, 0.2) is 59.5 Å². The van der Waals surface area contributed by atoms with Gasteiger partial charge in [-0.05, 0) is 17.7 Å². The molecule has 0 aromatic heterocycles. The first-order valence-electron chi connectivity index (χ1n) is 8.16. The van der Waals surface area contributed by atoms with E-state index in [2.05, 4.69) is 0 Å². The number of esters is 1. The van der Waals surface area contributed by atoms with Crippen LogP contribution in [-0.4, -0.2) is 38.7 Å². The number of ether oxygens (including phenoxy) is 1. The highest BCUT2D eigenvalue weighted by atomic mass is 32.2. The number of nitrogens with zero attached hydrogens (tertiary/aromatic N) is 1. The molecule has 140 valence electrons. The van der Waals surface area contributed by atoms with Gasteiger partial charge in [-0.25, -0.2) is 0 Å². The molecule has 0 saturated carbocycles. The zero-order valence-electron chi connectivity index (χ0n) is 14.5. The lowest BCUT2D eigenvalue weighted by Gasteiger charge is -2.20. The molecule has 1 heterocycles. The van der Waals surface area contributed by atoms with E-state index in [0.717, 1.165) is 10.5 Å². The largest absolute Gasteiger partial charge is 0.468 e. The molecule has 1 aliphatic rings. The van der Waals surface area contributed by atoms with Gasteiger partial charge in [0.25, 0.3) is 0 Å². The van der Waals surface area contributed by atoms with E-state index in [1.165, 1.54) is 30.6 Å². The molecule has 1 aliphatic heterocycles. The Bertz CT molecular complexity index is 860. The lowest BCUT2D eigenvalue weighted by Crippen LogP contribution is -2.38. The minimum atomic E-state index is -0.740. The number of anilines is 1. The summed E-state index contributed by atoms with van der Waals surface area (Å²) in [7, 11) is 1.31. The number of nitrogen functional groups attached to an aromatic ring is 1. The average Bonchev–Trinajstić information content (AvgIpc) is 2.95. The summed E-state index contributed by atoms with van der Waals surface area (Å²) < 4.78 is 5.41. The van der Waals surface area contributed by atoms with E-state index in [4.69, 9.17) is 22.7 Å². The van der Waals surface area contributed by atoms with Gasteiger partial charge in [0.05, 0.1) is 13.7 Å². The number of nitrogens with two attached hydrogens (primary N) is 1. The summed E-state index contributed by atoms with van der Waals surface area (Å²) in [6.07, 6.45) is 0. The number of rotatable bonds is 6. The standard InChI is InChI=1S/C19H18N2O3S3/c1-24-18(23)16(26-14-10-6-5-9-13(14)20)15-17(22)21(19(25)27-15)11-12-7-3-2-4-8-12/h2-10,15-16H,11,20H2,1H3. The highest BCUT2D eigenvalue weighted by Gasteiger charge is 2.45. The third kappa shape index (κ3) is 4.45. The number of benzene rings is 2. The molecule has 1 saturated heterocycles. The van der Waals surface area contributed by atoms with Gasteiger partial charge in [-0.1, -0.05) is 66.4 Å². The molecule has 2 aromatic carbocycles. The maximum absolute atomic E-state index is 13.0. The maximum Gasteiger partial charge on any atom is 0.320 e. The average molecular weight is 419 g/mol. The van der Waals surface area contributed by atoms with Gasteiger partial charge in [0.15, 0.2) is 0 Å². The highest BCUT2D eigenvalue weighted by molar-refractivity contribution is 8.24. The second-order valence-electron chi connectivity index (χ2n) is 5.81. The minimum absolute atomic E-state index is 0.189. The van der Waals surface area contributed by atoms with Crippen LogP contribution in [-0.2, 0) is 20.9 Å². The SMILES string of the molecule is COC(=O)C(Sc1ccccc1N)C1SC(=S)N(Cc2ccccc2)C1=O. The number of hydrogen-bond acceptors (Lipinski definition) is 7. The van der Waals surface area contributed by atoms with Crippen LogP contribution in [0.25, 0.3) is 0 Å². The molecule has 2 atom stereocenters. The maximum atomic E-state index is 13.0. The molecule has 27 heavy (non-hydrogen) atoms. The fourth-order valence-corrected chi connectivity index (χ4v) is 5.47. The summed E-state index contributed by atoms with van der Waals surface area (Å²) in [5.74, 6) is -0.662. The van der Waals surface area contributed by atoms with Crippen molar-refractivity contribution in [2.24, 2.45) is 0 Å². The van der Waals surface area contributed by atoms with Gasteiger partial charge in [-0.15, -0.1) is 11.8 Å². The second-order valence-corrected chi connectivity index (χ2v) is 8.77. The van der Waals surface area contributed by atoms with Crippen LogP contribution in [0.3, 0.4) is 0 Å². The quantitative estimate of drug-likeness (QED) is 0.334. The molecular formula is C19H18N2O3S3. The minimum Gasteiger partial charge on any atom is -0.468 e. The lowest BCUT2D eigenvalue weighted by molar-refractivity contribution is -0.141. The zero-order valence-corrected chi connectivity index (χ0v) is 17.0. The normalized spacial score (nSPS) is 17.8. The first kappa shape index (κ1) is 19.7. The van der Waals surface area contributed by atoms with Crippen molar-refractivity contribution < 1.29 is 14.3 Å². The highest BCUT2D eigenvalue weighted by Crippen LogP contribution is 2.40. The molecule has 0 spiro atoms. The van der Waals surface area contributed by atoms with Gasteiger partial charge in [-0.2, -0.15) is 0 Å². The molecule has 1 fully saturated rings. The summed E-state index contributed by atoms with van der Waals surface area (Å²) in [4.78, 5) is 27.7. The molecule has 0 bridgehead atoms. The van der Waals surface area contributed by atoms with Crippen molar-refractivity contribution in [2.75, 3.05) is 12.8 Å². The molecule has 0 aliphatic carbocycles. The van der Waals surface area contributed by atoms with Crippen LogP contribution in [0.1, 0.15) is 5.56 Å². The third-order valence-electron chi connectivity index (χ3n) is 4.02. The Labute approximate surface area is 171 Å². The number of thioether (sulfide) groups is 2. The van der Waals surface area contributed by atoms with Crippen molar-refractivity contribution >= 4 is 57.6 Å². The van der Waals surface area contributed by atoms with Gasteiger partial charge in [-0.3, -0.25) is 14.5 Å². The van der Waals surface area contributed by atoms with E-state index in [-0.39, 0.29) is 5.91 Å². The first-order valence-corrected chi connectivity index (χ1v) is 10.3. The molecule has 2 unspecified atom stereocenters. The molecule has 1 amide bonds. The Hall–Kier alpha value is -2.03. The van der Waals surface area contributed by atoms with Gasteiger partial charge < -0.3 is 10.5 Å². The number of amides is 1. The number of carbonyl (C=O) groups excluding carboxylic acids is 2. The molecular weight excluding hydrogens is 400 g/mol. The van der Waals surface area contributed by atoms with Crippen molar-refractivity contribution in [3.05, 3.63) is 60.2 Å². The van der Waals surface area contributed by atoms with Crippen LogP contribution in [0, 0.1) is 0 Å². The van der Waals surface area contributed by atoms with Gasteiger partial charge >= 0.3 is 5.97 Å². The predicted octanol–water partition coefficient (Wildman–Crippen LogP) is 3.33. The number of methoxy groups -OCH3 is 1. The fraction of sp³-hybridized carbons (Fsp3) is 0.211. The van der Waals surface area contributed by atoms with Crippen molar-refractivity contribution in [2.45, 2.75) is 21.9 Å². The van der Waals surface area contributed by atoms with Crippen LogP contribution in [0.4, 0.5) is 5.69 Å². The molecule has 2 aromatic rings. The Morgan fingerprint density at radius 1 is 1.26 bits per heavy atom. The van der Waals surface area contributed by atoms with E-state index in [1.807, 2.05) is 48.5 Å². The van der Waals surface area contributed by atoms with Crippen molar-refractivity contribution in [3.63, 3.8) is 0 Å².